The fourth-order valence-electron chi connectivity index (χ4n) is 1.67. The number of rotatable bonds is 6. The van der Waals surface area contributed by atoms with Crippen molar-refractivity contribution in [2.45, 2.75) is 32.1 Å². The first-order chi connectivity index (χ1) is 7.79. The number of ether oxygens (including phenoxy) is 1. The highest BCUT2D eigenvalue weighted by Crippen LogP contribution is 2.29. The molecule has 0 saturated heterocycles. The Morgan fingerprint density at radius 1 is 1.38 bits per heavy atom. The topological polar surface area (TPSA) is 26.3 Å². The Bertz CT molecular complexity index is 338. The van der Waals surface area contributed by atoms with Gasteiger partial charge in [0.25, 0.3) is 0 Å². The Morgan fingerprint density at radius 2 is 2.06 bits per heavy atom. The molecule has 0 heterocycles. The fourth-order valence-corrected chi connectivity index (χ4v) is 1.67. The number of aldehydes is 1. The van der Waals surface area contributed by atoms with E-state index in [0.29, 0.717) is 12.3 Å². The maximum atomic E-state index is 10.4. The second-order valence-corrected chi connectivity index (χ2v) is 4.63. The third-order valence-electron chi connectivity index (χ3n) is 3.08. The van der Waals surface area contributed by atoms with E-state index in [1.165, 1.54) is 18.4 Å². The van der Waals surface area contributed by atoms with Gasteiger partial charge in [-0.05, 0) is 42.4 Å². The van der Waals surface area contributed by atoms with E-state index in [1.807, 2.05) is 12.1 Å². The smallest absolute Gasteiger partial charge is 0.120 e. The number of carbonyl (C=O) groups excluding carboxylic acids is 1. The van der Waals surface area contributed by atoms with Gasteiger partial charge < -0.3 is 9.53 Å². The maximum Gasteiger partial charge on any atom is 0.120 e. The Morgan fingerprint density at radius 3 is 2.62 bits per heavy atom. The highest BCUT2D eigenvalue weighted by molar-refractivity contribution is 5.51. The summed E-state index contributed by atoms with van der Waals surface area (Å²) in [7, 11) is 0. The van der Waals surface area contributed by atoms with Crippen molar-refractivity contribution < 1.29 is 9.53 Å². The second-order valence-electron chi connectivity index (χ2n) is 4.63. The molecule has 0 radical (unpaired) electrons. The molecule has 2 heteroatoms. The molecule has 2 nitrogen and oxygen atoms in total. The van der Waals surface area contributed by atoms with Crippen LogP contribution in [0.25, 0.3) is 0 Å². The van der Waals surface area contributed by atoms with E-state index in [9.17, 15) is 4.79 Å². The van der Waals surface area contributed by atoms with E-state index in [4.69, 9.17) is 4.74 Å². The first kappa shape index (κ1) is 11.2. The van der Waals surface area contributed by atoms with Crippen molar-refractivity contribution in [1.82, 2.24) is 0 Å². The average molecular weight is 218 g/mol. The average Bonchev–Trinajstić information content (AvgIpc) is 3.11. The summed E-state index contributed by atoms with van der Waals surface area (Å²) in [5.41, 5.74) is 1.20. The van der Waals surface area contributed by atoms with E-state index >= 15 is 0 Å². The molecule has 1 saturated carbocycles. The molecule has 0 aromatic heterocycles. The van der Waals surface area contributed by atoms with Gasteiger partial charge in [-0.15, -0.1) is 0 Å². The van der Waals surface area contributed by atoms with Gasteiger partial charge in [0.15, 0.2) is 0 Å². The number of benzene rings is 1. The summed E-state index contributed by atoms with van der Waals surface area (Å²) in [5, 5.41) is 0. The Hall–Kier alpha value is -1.31. The first-order valence-corrected chi connectivity index (χ1v) is 5.96. The van der Waals surface area contributed by atoms with E-state index in [-0.39, 0.29) is 0 Å². The number of hydrogen-bond acceptors (Lipinski definition) is 2. The molecule has 1 aliphatic rings. The van der Waals surface area contributed by atoms with Crippen molar-refractivity contribution in [1.29, 1.82) is 0 Å². The molecular formula is C14H18O2. The Labute approximate surface area is 96.6 Å². The quantitative estimate of drug-likeness (QED) is 0.685. The van der Waals surface area contributed by atoms with Crippen molar-refractivity contribution >= 4 is 6.29 Å². The molecule has 1 atom stereocenters. The molecule has 1 fully saturated rings. The fraction of sp³-hybridized carbons (Fsp3) is 0.500. The molecule has 1 aromatic rings. The molecule has 1 unspecified atom stereocenters. The van der Waals surface area contributed by atoms with Gasteiger partial charge in [0.1, 0.15) is 12.0 Å². The van der Waals surface area contributed by atoms with Gasteiger partial charge in [-0.1, -0.05) is 19.1 Å². The molecule has 0 N–H and O–H groups in total. The molecule has 1 aliphatic carbocycles. The summed E-state index contributed by atoms with van der Waals surface area (Å²) in [6.45, 7) is 2.91. The predicted octanol–water partition coefficient (Wildman–Crippen LogP) is 3.17. The highest BCUT2D eigenvalue weighted by Gasteiger charge is 2.21. The van der Waals surface area contributed by atoms with E-state index in [0.717, 1.165) is 24.6 Å². The SMILES string of the molecule is CC(CC=O)c1ccc(OCC2CC2)cc1. The van der Waals surface area contributed by atoms with Gasteiger partial charge in [-0.25, -0.2) is 0 Å². The van der Waals surface area contributed by atoms with Crippen LogP contribution in [0.3, 0.4) is 0 Å². The third kappa shape index (κ3) is 3.09. The van der Waals surface area contributed by atoms with Crippen molar-refractivity contribution in [3.8, 4) is 5.75 Å². The van der Waals surface area contributed by atoms with Crippen LogP contribution in [0.2, 0.25) is 0 Å². The van der Waals surface area contributed by atoms with Crippen LogP contribution in [0, 0.1) is 5.92 Å². The number of carbonyl (C=O) groups is 1. The molecule has 0 bridgehead atoms. The molecule has 0 aliphatic heterocycles. The summed E-state index contributed by atoms with van der Waals surface area (Å²) in [6.07, 6.45) is 4.19. The summed E-state index contributed by atoms with van der Waals surface area (Å²) < 4.78 is 5.66. The monoisotopic (exact) mass is 218 g/mol. The zero-order valence-electron chi connectivity index (χ0n) is 9.69. The first-order valence-electron chi connectivity index (χ1n) is 5.96. The molecule has 2 rings (SSSR count). The van der Waals surface area contributed by atoms with Crippen LogP contribution in [0.15, 0.2) is 24.3 Å². The van der Waals surface area contributed by atoms with Crippen LogP contribution in [-0.2, 0) is 4.79 Å². The van der Waals surface area contributed by atoms with Crippen LogP contribution in [0.1, 0.15) is 37.7 Å². The van der Waals surface area contributed by atoms with E-state index in [1.54, 1.807) is 0 Å². The zero-order valence-corrected chi connectivity index (χ0v) is 9.69. The lowest BCUT2D eigenvalue weighted by atomic mass is 9.99. The molecule has 0 spiro atoms. The summed E-state index contributed by atoms with van der Waals surface area (Å²) in [5.74, 6) is 2.03. The van der Waals surface area contributed by atoms with Gasteiger partial charge in [0.2, 0.25) is 0 Å². The van der Waals surface area contributed by atoms with Gasteiger partial charge >= 0.3 is 0 Å². The molecule has 1 aromatic carbocycles. The lowest BCUT2D eigenvalue weighted by Crippen LogP contribution is -1.99. The van der Waals surface area contributed by atoms with E-state index < -0.39 is 0 Å². The van der Waals surface area contributed by atoms with Crippen molar-refractivity contribution in [2.75, 3.05) is 6.61 Å². The van der Waals surface area contributed by atoms with Crippen LogP contribution in [0.4, 0.5) is 0 Å². The molecular weight excluding hydrogens is 200 g/mol. The minimum Gasteiger partial charge on any atom is -0.493 e. The molecule has 0 amide bonds. The summed E-state index contributed by atoms with van der Waals surface area (Å²) in [6, 6.07) is 8.10. The van der Waals surface area contributed by atoms with Crippen LogP contribution in [-0.4, -0.2) is 12.9 Å². The summed E-state index contributed by atoms with van der Waals surface area (Å²) >= 11 is 0. The molecule has 16 heavy (non-hydrogen) atoms. The minimum atomic E-state index is 0.301. The van der Waals surface area contributed by atoms with Gasteiger partial charge in [0.05, 0.1) is 6.61 Å². The third-order valence-corrected chi connectivity index (χ3v) is 3.08. The van der Waals surface area contributed by atoms with Crippen LogP contribution < -0.4 is 4.74 Å². The zero-order chi connectivity index (χ0) is 11.4. The van der Waals surface area contributed by atoms with Crippen molar-refractivity contribution in [2.24, 2.45) is 5.92 Å². The van der Waals surface area contributed by atoms with Gasteiger partial charge in [0, 0.05) is 6.42 Å². The Balaban J connectivity index is 1.89. The van der Waals surface area contributed by atoms with Crippen LogP contribution >= 0.6 is 0 Å². The highest BCUT2D eigenvalue weighted by atomic mass is 16.5. The molecule has 86 valence electrons. The minimum absolute atomic E-state index is 0.301. The lowest BCUT2D eigenvalue weighted by Gasteiger charge is -2.10. The Kier molecular flexibility index (Phi) is 3.60. The standard InChI is InChI=1S/C14H18O2/c1-11(8-9-15)13-4-6-14(7-5-13)16-10-12-2-3-12/h4-7,9,11-12H,2-3,8,10H2,1H3. The maximum absolute atomic E-state index is 10.4. The predicted molar refractivity (Wildman–Crippen MR) is 63.8 cm³/mol. The second kappa shape index (κ2) is 5.15. The number of hydrogen-bond donors (Lipinski definition) is 0. The normalized spacial score (nSPS) is 16.8. The van der Waals surface area contributed by atoms with Gasteiger partial charge in [-0.3, -0.25) is 0 Å². The van der Waals surface area contributed by atoms with Crippen molar-refractivity contribution in [3.05, 3.63) is 29.8 Å². The largest absolute Gasteiger partial charge is 0.493 e. The van der Waals surface area contributed by atoms with Crippen molar-refractivity contribution in [3.63, 3.8) is 0 Å². The van der Waals surface area contributed by atoms with Crippen LogP contribution in [0.5, 0.6) is 5.75 Å². The summed E-state index contributed by atoms with van der Waals surface area (Å²) in [4.78, 5) is 10.4. The van der Waals surface area contributed by atoms with Gasteiger partial charge in [-0.2, -0.15) is 0 Å². The lowest BCUT2D eigenvalue weighted by molar-refractivity contribution is -0.108. The van der Waals surface area contributed by atoms with E-state index in [2.05, 4.69) is 19.1 Å².